The van der Waals surface area contributed by atoms with E-state index in [1.54, 1.807) is 26.0 Å². The van der Waals surface area contributed by atoms with E-state index >= 15 is 4.39 Å². The summed E-state index contributed by atoms with van der Waals surface area (Å²) in [6.07, 6.45) is 3.34. The fourth-order valence-corrected chi connectivity index (χ4v) is 7.71. The van der Waals surface area contributed by atoms with Gasteiger partial charge < -0.3 is 30.7 Å². The van der Waals surface area contributed by atoms with Gasteiger partial charge in [-0.1, -0.05) is 45.0 Å². The second kappa shape index (κ2) is 17.8. The van der Waals surface area contributed by atoms with Gasteiger partial charge in [-0.3, -0.25) is 14.5 Å². The first-order valence-corrected chi connectivity index (χ1v) is 19.7. The summed E-state index contributed by atoms with van der Waals surface area (Å²) in [6.45, 7) is 14.3. The Bertz CT molecular complexity index is 2040. The largest absolute Gasteiger partial charge is 0.465 e. The molecule has 2 fully saturated rings. The molecule has 3 amide bonds. The molecule has 300 valence electrons. The van der Waals surface area contributed by atoms with Crippen LogP contribution in [0.4, 0.5) is 14.9 Å². The smallest absolute Gasteiger partial charge is 0.407 e. The molecule has 6 rings (SSSR count). The summed E-state index contributed by atoms with van der Waals surface area (Å²) in [5.41, 5.74) is 5.40. The van der Waals surface area contributed by atoms with Crippen LogP contribution in [0.5, 0.6) is 0 Å². The molecule has 4 N–H and O–H groups in total. The van der Waals surface area contributed by atoms with Gasteiger partial charge in [0, 0.05) is 94.4 Å². The van der Waals surface area contributed by atoms with E-state index in [9.17, 15) is 19.5 Å². The van der Waals surface area contributed by atoms with E-state index in [2.05, 4.69) is 32.9 Å². The zero-order valence-corrected chi connectivity index (χ0v) is 33.2. The van der Waals surface area contributed by atoms with Crippen LogP contribution in [0.25, 0.3) is 22.2 Å². The first-order chi connectivity index (χ1) is 26.9. The van der Waals surface area contributed by atoms with Crippen LogP contribution in [0.1, 0.15) is 76.3 Å². The third kappa shape index (κ3) is 9.47. The standard InChI is InChI=1S/C42H55FN8O5/c1-6-36-33(38(47-31-13-17-56-18-14-31)34-24-46-51(7-2)39(34)48-36)23-44-37(52)21-42(4,5)40(53)45-22-28-11-12-35(43)32(20-28)30-10-8-9-29(19-30)26-49-15-16-50(41(54)55)27(3)25-49/h8-12,19-20,24,27,31H,6-7,13-18,21-23,25-26H2,1-5H3,(H,44,52)(H,45,53)(H,47,48)(H,54,55)/t27-/m0/s1. The molecule has 2 saturated heterocycles. The minimum Gasteiger partial charge on any atom is -0.465 e. The van der Waals surface area contributed by atoms with E-state index in [0.29, 0.717) is 63.5 Å². The summed E-state index contributed by atoms with van der Waals surface area (Å²) < 4.78 is 22.7. The van der Waals surface area contributed by atoms with Crippen molar-refractivity contribution < 1.29 is 28.6 Å². The number of aryl methyl sites for hydroxylation is 2. The predicted octanol–water partition coefficient (Wildman–Crippen LogP) is 5.94. The van der Waals surface area contributed by atoms with Gasteiger partial charge in [-0.05, 0) is 68.0 Å². The van der Waals surface area contributed by atoms with Crippen LogP contribution in [-0.2, 0) is 46.9 Å². The number of benzene rings is 2. The average molecular weight is 771 g/mol. The van der Waals surface area contributed by atoms with Crippen LogP contribution >= 0.6 is 0 Å². The number of carbonyl (C=O) groups excluding carboxylic acids is 2. The number of pyridine rings is 1. The Morgan fingerprint density at radius 1 is 1.02 bits per heavy atom. The third-order valence-corrected chi connectivity index (χ3v) is 10.9. The van der Waals surface area contributed by atoms with Crippen LogP contribution in [0.3, 0.4) is 0 Å². The molecule has 0 bridgehead atoms. The zero-order valence-electron chi connectivity index (χ0n) is 33.2. The number of piperazine rings is 1. The normalized spacial score (nSPS) is 16.9. The van der Waals surface area contributed by atoms with Crippen molar-refractivity contribution in [2.24, 2.45) is 5.41 Å². The van der Waals surface area contributed by atoms with Crippen molar-refractivity contribution in [3.63, 3.8) is 0 Å². The molecule has 4 heterocycles. The van der Waals surface area contributed by atoms with Crippen molar-refractivity contribution in [2.75, 3.05) is 38.2 Å². The molecule has 0 unspecified atom stereocenters. The highest BCUT2D eigenvalue weighted by Crippen LogP contribution is 2.32. The molecule has 4 aromatic rings. The SMILES string of the molecule is CCc1nc2c(cnn2CC)c(NC2CCOCC2)c1CNC(=O)CC(C)(C)C(=O)NCc1ccc(F)c(-c2cccc(CN3CCN(C(=O)O)[C@@H](C)C3)c2)c1. The van der Waals surface area contributed by atoms with Crippen molar-refractivity contribution in [3.05, 3.63) is 76.9 Å². The number of rotatable bonds is 14. The van der Waals surface area contributed by atoms with E-state index in [1.807, 2.05) is 49.0 Å². The maximum Gasteiger partial charge on any atom is 0.407 e. The molecular weight excluding hydrogens is 716 g/mol. The number of nitrogens with one attached hydrogen (secondary N) is 3. The van der Waals surface area contributed by atoms with Gasteiger partial charge in [-0.15, -0.1) is 0 Å². The highest BCUT2D eigenvalue weighted by molar-refractivity contribution is 5.92. The number of hydrogen-bond acceptors (Lipinski definition) is 8. The Kier molecular flexibility index (Phi) is 12.9. The number of aromatic nitrogens is 3. The molecule has 0 spiro atoms. The number of hydrogen-bond donors (Lipinski definition) is 4. The maximum atomic E-state index is 15.2. The Morgan fingerprint density at radius 3 is 2.52 bits per heavy atom. The second-order valence-corrected chi connectivity index (χ2v) is 15.6. The Balaban J connectivity index is 1.08. The Labute approximate surface area is 328 Å². The van der Waals surface area contributed by atoms with E-state index in [4.69, 9.17) is 9.72 Å². The summed E-state index contributed by atoms with van der Waals surface area (Å²) in [6, 6.07) is 12.6. The lowest BCUT2D eigenvalue weighted by atomic mass is 9.87. The van der Waals surface area contributed by atoms with Crippen LogP contribution < -0.4 is 16.0 Å². The highest BCUT2D eigenvalue weighted by Gasteiger charge is 2.31. The summed E-state index contributed by atoms with van der Waals surface area (Å²) in [7, 11) is 0. The van der Waals surface area contributed by atoms with E-state index < -0.39 is 11.5 Å². The van der Waals surface area contributed by atoms with E-state index in [0.717, 1.165) is 51.9 Å². The zero-order chi connectivity index (χ0) is 40.0. The quantitative estimate of drug-likeness (QED) is 0.122. The van der Waals surface area contributed by atoms with Crippen LogP contribution in [0.2, 0.25) is 0 Å². The number of ether oxygens (including phenoxy) is 1. The van der Waals surface area contributed by atoms with E-state index in [1.165, 1.54) is 11.0 Å². The summed E-state index contributed by atoms with van der Waals surface area (Å²) >= 11 is 0. The van der Waals surface area contributed by atoms with Gasteiger partial charge in [0.25, 0.3) is 0 Å². The summed E-state index contributed by atoms with van der Waals surface area (Å²) in [5.74, 6) is -0.913. The minimum absolute atomic E-state index is 0.0297. The predicted molar refractivity (Wildman–Crippen MR) is 213 cm³/mol. The summed E-state index contributed by atoms with van der Waals surface area (Å²) in [5, 5.41) is 24.7. The molecule has 0 radical (unpaired) electrons. The second-order valence-electron chi connectivity index (χ2n) is 15.6. The van der Waals surface area contributed by atoms with Crippen LogP contribution in [0.15, 0.2) is 48.7 Å². The van der Waals surface area contributed by atoms with Gasteiger partial charge in [0.15, 0.2) is 5.65 Å². The molecule has 2 aliphatic heterocycles. The number of nitrogens with zero attached hydrogens (tertiary/aromatic N) is 5. The highest BCUT2D eigenvalue weighted by atomic mass is 19.1. The van der Waals surface area contributed by atoms with Gasteiger partial charge in [0.1, 0.15) is 5.82 Å². The topological polar surface area (TPSA) is 154 Å². The van der Waals surface area contributed by atoms with Crippen molar-refractivity contribution in [3.8, 4) is 11.1 Å². The molecule has 0 aliphatic carbocycles. The Morgan fingerprint density at radius 2 is 1.80 bits per heavy atom. The number of anilines is 1. The molecule has 56 heavy (non-hydrogen) atoms. The number of carbonyl (C=O) groups is 3. The maximum absolute atomic E-state index is 15.2. The fraction of sp³-hybridized carbons (Fsp3) is 0.500. The first-order valence-electron chi connectivity index (χ1n) is 19.7. The van der Waals surface area contributed by atoms with E-state index in [-0.39, 0.29) is 49.2 Å². The number of halogens is 1. The average Bonchev–Trinajstić information content (AvgIpc) is 3.60. The minimum atomic E-state index is -1.02. The monoisotopic (exact) mass is 770 g/mol. The molecule has 2 aliphatic rings. The molecule has 2 aromatic heterocycles. The molecule has 2 aromatic carbocycles. The van der Waals surface area contributed by atoms with Crippen molar-refractivity contribution in [1.29, 1.82) is 0 Å². The molecule has 13 nitrogen and oxygen atoms in total. The third-order valence-electron chi connectivity index (χ3n) is 10.9. The Hall–Kier alpha value is -5.08. The van der Waals surface area contributed by atoms with Gasteiger partial charge in [0.2, 0.25) is 11.8 Å². The van der Waals surface area contributed by atoms with Gasteiger partial charge in [-0.2, -0.15) is 5.10 Å². The van der Waals surface area contributed by atoms with Crippen molar-refractivity contribution in [2.45, 2.75) is 98.6 Å². The number of carboxylic acid groups (broad SMARTS) is 1. The lowest BCUT2D eigenvalue weighted by Crippen LogP contribution is -2.53. The number of amides is 3. The lowest BCUT2D eigenvalue weighted by molar-refractivity contribution is -0.134. The molecule has 1 atom stereocenters. The molecule has 14 heteroatoms. The van der Waals surface area contributed by atoms with Gasteiger partial charge >= 0.3 is 6.09 Å². The van der Waals surface area contributed by atoms with Gasteiger partial charge in [0.05, 0.1) is 22.7 Å². The van der Waals surface area contributed by atoms with Crippen molar-refractivity contribution >= 4 is 34.6 Å². The molecular formula is C42H55FN8O5. The first kappa shape index (κ1) is 40.6. The van der Waals surface area contributed by atoms with Crippen LogP contribution in [-0.4, -0.2) is 92.5 Å². The van der Waals surface area contributed by atoms with Crippen molar-refractivity contribution in [1.82, 2.24) is 35.2 Å². The van der Waals surface area contributed by atoms with Gasteiger partial charge in [-0.25, -0.2) is 18.9 Å². The lowest BCUT2D eigenvalue weighted by Gasteiger charge is -2.38. The fourth-order valence-electron chi connectivity index (χ4n) is 7.71. The van der Waals surface area contributed by atoms with Crippen LogP contribution in [0, 0.1) is 11.2 Å². The molecule has 0 saturated carbocycles. The number of fused-ring (bicyclic) bond motifs is 1. The summed E-state index contributed by atoms with van der Waals surface area (Å²) in [4.78, 5) is 47.0.